The van der Waals surface area contributed by atoms with Gasteiger partial charge in [0.2, 0.25) is 0 Å². The quantitative estimate of drug-likeness (QED) is 0.737. The SMILES string of the molecule is COC(=O)CC(NC(=O)C(C)Oc1ccc(C#N)cc1)c1ccc(Cl)cc1. The number of amides is 1. The molecule has 0 bridgehead atoms. The maximum atomic E-state index is 12.5. The maximum Gasteiger partial charge on any atom is 0.307 e. The summed E-state index contributed by atoms with van der Waals surface area (Å²) in [6, 6.07) is 14.7. The molecule has 1 N–H and O–H groups in total. The van der Waals surface area contributed by atoms with Gasteiger partial charge in [0.05, 0.1) is 31.2 Å². The summed E-state index contributed by atoms with van der Waals surface area (Å²) in [5.74, 6) is -0.369. The predicted octanol–water partition coefficient (Wildman–Crippen LogP) is 3.40. The molecule has 0 saturated carbocycles. The molecule has 0 aliphatic carbocycles. The van der Waals surface area contributed by atoms with E-state index in [1.165, 1.54) is 7.11 Å². The van der Waals surface area contributed by atoms with Crippen LogP contribution in [0.25, 0.3) is 0 Å². The zero-order valence-electron chi connectivity index (χ0n) is 14.9. The number of nitriles is 1. The van der Waals surface area contributed by atoms with Crippen LogP contribution in [0.3, 0.4) is 0 Å². The molecule has 0 radical (unpaired) electrons. The van der Waals surface area contributed by atoms with Crippen molar-refractivity contribution in [3.63, 3.8) is 0 Å². The van der Waals surface area contributed by atoms with E-state index >= 15 is 0 Å². The van der Waals surface area contributed by atoms with E-state index in [4.69, 9.17) is 26.3 Å². The van der Waals surface area contributed by atoms with E-state index in [1.807, 2.05) is 6.07 Å². The fourth-order valence-electron chi connectivity index (χ4n) is 2.35. The van der Waals surface area contributed by atoms with Gasteiger partial charge in [-0.15, -0.1) is 0 Å². The van der Waals surface area contributed by atoms with Crippen LogP contribution in [0.5, 0.6) is 5.75 Å². The number of ether oxygens (including phenoxy) is 2. The van der Waals surface area contributed by atoms with Crippen molar-refractivity contribution in [3.05, 3.63) is 64.7 Å². The maximum absolute atomic E-state index is 12.5. The Bertz CT molecular complexity index is 829. The summed E-state index contributed by atoms with van der Waals surface area (Å²) >= 11 is 5.90. The Morgan fingerprint density at radius 3 is 2.33 bits per heavy atom. The van der Waals surface area contributed by atoms with Gasteiger partial charge in [0, 0.05) is 5.02 Å². The minimum atomic E-state index is -0.801. The van der Waals surface area contributed by atoms with Crippen molar-refractivity contribution in [2.75, 3.05) is 7.11 Å². The smallest absolute Gasteiger partial charge is 0.307 e. The van der Waals surface area contributed by atoms with Crippen LogP contribution < -0.4 is 10.1 Å². The second-order valence-corrected chi connectivity index (χ2v) is 6.23. The van der Waals surface area contributed by atoms with Gasteiger partial charge in [-0.25, -0.2) is 0 Å². The molecule has 140 valence electrons. The number of nitrogens with one attached hydrogen (secondary N) is 1. The van der Waals surface area contributed by atoms with Crippen molar-refractivity contribution in [2.45, 2.75) is 25.5 Å². The Morgan fingerprint density at radius 2 is 1.78 bits per heavy atom. The number of halogens is 1. The summed E-state index contributed by atoms with van der Waals surface area (Å²) < 4.78 is 10.3. The molecule has 0 fully saturated rings. The average molecular weight is 387 g/mol. The number of hydrogen-bond acceptors (Lipinski definition) is 5. The second kappa shape index (κ2) is 9.60. The van der Waals surface area contributed by atoms with Gasteiger partial charge < -0.3 is 14.8 Å². The molecule has 2 aromatic rings. The topological polar surface area (TPSA) is 88.4 Å². The minimum absolute atomic E-state index is 0.0204. The van der Waals surface area contributed by atoms with Gasteiger partial charge in [0.1, 0.15) is 5.75 Å². The molecule has 0 heterocycles. The summed E-state index contributed by atoms with van der Waals surface area (Å²) in [5.41, 5.74) is 1.23. The number of methoxy groups -OCH3 is 1. The highest BCUT2D eigenvalue weighted by molar-refractivity contribution is 6.30. The van der Waals surface area contributed by atoms with Gasteiger partial charge in [-0.3, -0.25) is 9.59 Å². The van der Waals surface area contributed by atoms with Crippen LogP contribution in [0.4, 0.5) is 0 Å². The molecule has 2 rings (SSSR count). The lowest BCUT2D eigenvalue weighted by Gasteiger charge is -2.21. The molecule has 0 spiro atoms. The first-order valence-corrected chi connectivity index (χ1v) is 8.60. The molecule has 1 amide bonds. The van der Waals surface area contributed by atoms with Crippen molar-refractivity contribution in [1.82, 2.24) is 5.32 Å². The molecule has 0 aliphatic rings. The Kier molecular flexibility index (Phi) is 7.21. The Morgan fingerprint density at radius 1 is 1.15 bits per heavy atom. The van der Waals surface area contributed by atoms with Crippen molar-refractivity contribution in [2.24, 2.45) is 0 Å². The van der Waals surface area contributed by atoms with Gasteiger partial charge in [-0.1, -0.05) is 23.7 Å². The first-order valence-electron chi connectivity index (χ1n) is 8.22. The molecule has 2 atom stereocenters. The van der Waals surface area contributed by atoms with Gasteiger partial charge in [0.25, 0.3) is 5.91 Å². The average Bonchev–Trinajstić information content (AvgIpc) is 2.68. The van der Waals surface area contributed by atoms with Crippen LogP contribution in [-0.4, -0.2) is 25.1 Å². The van der Waals surface area contributed by atoms with Crippen LogP contribution in [-0.2, 0) is 14.3 Å². The van der Waals surface area contributed by atoms with Crippen LogP contribution in [0.2, 0.25) is 5.02 Å². The molecule has 6 nitrogen and oxygen atoms in total. The standard InChI is InChI=1S/C20H19ClN2O4/c1-13(27-17-9-3-14(12-22)4-10-17)20(25)23-18(11-19(24)26-2)15-5-7-16(21)8-6-15/h3-10,13,18H,11H2,1-2H3,(H,23,25). The van der Waals surface area contributed by atoms with E-state index in [9.17, 15) is 9.59 Å². The summed E-state index contributed by atoms with van der Waals surface area (Å²) in [6.07, 6.45) is -0.821. The predicted molar refractivity (Wildman–Crippen MR) is 100 cm³/mol. The van der Waals surface area contributed by atoms with E-state index in [0.717, 1.165) is 5.56 Å². The second-order valence-electron chi connectivity index (χ2n) is 5.79. The van der Waals surface area contributed by atoms with E-state index in [1.54, 1.807) is 55.5 Å². The summed E-state index contributed by atoms with van der Waals surface area (Å²) in [4.78, 5) is 24.2. The van der Waals surface area contributed by atoms with Crippen molar-refractivity contribution >= 4 is 23.5 Å². The third-order valence-electron chi connectivity index (χ3n) is 3.85. The number of esters is 1. The summed E-state index contributed by atoms with van der Waals surface area (Å²) in [7, 11) is 1.29. The fraction of sp³-hybridized carbons (Fsp3) is 0.250. The molecule has 27 heavy (non-hydrogen) atoms. The zero-order valence-corrected chi connectivity index (χ0v) is 15.7. The highest BCUT2D eigenvalue weighted by Crippen LogP contribution is 2.21. The van der Waals surface area contributed by atoms with Gasteiger partial charge in [-0.05, 0) is 48.9 Å². The van der Waals surface area contributed by atoms with Gasteiger partial charge in [0.15, 0.2) is 6.10 Å². The fourth-order valence-corrected chi connectivity index (χ4v) is 2.48. The molecule has 7 heteroatoms. The third-order valence-corrected chi connectivity index (χ3v) is 4.10. The highest BCUT2D eigenvalue weighted by atomic mass is 35.5. The van der Waals surface area contributed by atoms with E-state index in [0.29, 0.717) is 16.3 Å². The normalized spacial score (nSPS) is 12.4. The molecule has 0 aromatic heterocycles. The Labute approximate surface area is 162 Å². The number of benzene rings is 2. The number of rotatable bonds is 7. The van der Waals surface area contributed by atoms with E-state index < -0.39 is 18.1 Å². The first-order chi connectivity index (χ1) is 12.9. The van der Waals surface area contributed by atoms with Crippen LogP contribution in [0, 0.1) is 11.3 Å². The van der Waals surface area contributed by atoms with Gasteiger partial charge >= 0.3 is 5.97 Å². The zero-order chi connectivity index (χ0) is 19.8. The lowest BCUT2D eigenvalue weighted by atomic mass is 10.0. The first kappa shape index (κ1) is 20.3. The largest absolute Gasteiger partial charge is 0.481 e. The number of nitrogens with zero attached hydrogens (tertiary/aromatic N) is 1. The van der Waals surface area contributed by atoms with E-state index in [2.05, 4.69) is 5.32 Å². The van der Waals surface area contributed by atoms with Crippen LogP contribution >= 0.6 is 11.6 Å². The molecule has 2 aromatic carbocycles. The molecular weight excluding hydrogens is 368 g/mol. The number of hydrogen-bond donors (Lipinski definition) is 1. The summed E-state index contributed by atoms with van der Waals surface area (Å²) in [5, 5.41) is 12.2. The highest BCUT2D eigenvalue weighted by Gasteiger charge is 2.23. The van der Waals surface area contributed by atoms with Gasteiger partial charge in [-0.2, -0.15) is 5.26 Å². The summed E-state index contributed by atoms with van der Waals surface area (Å²) in [6.45, 7) is 1.60. The molecule has 0 saturated heterocycles. The molecule has 0 aliphatic heterocycles. The van der Waals surface area contributed by atoms with Crippen molar-refractivity contribution < 1.29 is 19.1 Å². The lowest BCUT2D eigenvalue weighted by Crippen LogP contribution is -2.39. The Hall–Kier alpha value is -3.04. The molecular formula is C20H19ClN2O4. The Balaban J connectivity index is 2.07. The monoisotopic (exact) mass is 386 g/mol. The third kappa shape index (κ3) is 6.01. The van der Waals surface area contributed by atoms with Crippen molar-refractivity contribution in [3.8, 4) is 11.8 Å². The van der Waals surface area contributed by atoms with Crippen LogP contribution in [0.15, 0.2) is 48.5 Å². The molecule has 2 unspecified atom stereocenters. The van der Waals surface area contributed by atoms with E-state index in [-0.39, 0.29) is 12.3 Å². The minimum Gasteiger partial charge on any atom is -0.481 e. The number of carbonyl (C=O) groups is 2. The number of carbonyl (C=O) groups excluding carboxylic acids is 2. The van der Waals surface area contributed by atoms with Crippen LogP contribution in [0.1, 0.15) is 30.5 Å². The van der Waals surface area contributed by atoms with Crippen molar-refractivity contribution in [1.29, 1.82) is 5.26 Å². The lowest BCUT2D eigenvalue weighted by molar-refractivity contribution is -0.141.